The fourth-order valence-electron chi connectivity index (χ4n) is 11.6. The molecule has 0 bridgehead atoms. The Morgan fingerprint density at radius 3 is 2.22 bits per heavy atom. The van der Waals surface area contributed by atoms with E-state index in [0.29, 0.717) is 25.7 Å². The first-order chi connectivity index (χ1) is 21.1. The lowest BCUT2D eigenvalue weighted by molar-refractivity contribution is -0.346. The number of hydrogen-bond acceptors (Lipinski definition) is 10. The van der Waals surface area contributed by atoms with Gasteiger partial charge in [0.05, 0.1) is 36.6 Å². The van der Waals surface area contributed by atoms with E-state index in [2.05, 4.69) is 41.5 Å². The molecule has 1 aliphatic heterocycles. The zero-order chi connectivity index (χ0) is 34.4. The standard InChI is InChI=1S/C36H62O10/c1-18(9-10-25(40)33(4,5)44)19-11-14-35(7)26(19)20(38)15-23-34(6)13-12-24(39)32(2,3)30(34)21(16-36(23,35)8)45-31-29(43)28(42)27(41)22(17-37)46-31/h9,19-31,37-44H,10-17H2,1-8H3/b18-9+/t19-,20-,21+,22-,23-,24+,25+,26+,27-,28+,29-,30+,31-,34-,35-,36-/m1/s1. The number of fused-ring (bicyclic) bond motifs is 5. The monoisotopic (exact) mass is 654 g/mol. The van der Waals surface area contributed by atoms with Crippen molar-refractivity contribution < 1.29 is 50.3 Å². The Hall–Kier alpha value is -0.660. The van der Waals surface area contributed by atoms with E-state index < -0.39 is 72.7 Å². The van der Waals surface area contributed by atoms with E-state index in [1.54, 1.807) is 13.8 Å². The summed E-state index contributed by atoms with van der Waals surface area (Å²) in [5, 5.41) is 86.0. The summed E-state index contributed by atoms with van der Waals surface area (Å²) >= 11 is 0. The SMILES string of the molecule is C/C(=C\C[C@H](O)C(C)(C)O)[C@H]1CC[C@]2(C)[C@@H]1[C@H](O)C[C@@H]1[C@@]3(C)CC[C@H](O)C(C)(C)[C@@H]3[C@@H](O[C@@H]3O[C@H](CO)[C@@H](O)[C@H](O)[C@H]3O)C[C@]12C. The summed E-state index contributed by atoms with van der Waals surface area (Å²) in [6, 6.07) is 0. The van der Waals surface area contributed by atoms with Crippen molar-refractivity contribution in [2.75, 3.05) is 6.61 Å². The summed E-state index contributed by atoms with van der Waals surface area (Å²) in [6.07, 6.45) is -2.67. The van der Waals surface area contributed by atoms with E-state index in [1.807, 2.05) is 6.08 Å². The van der Waals surface area contributed by atoms with Crippen LogP contribution in [0.2, 0.25) is 0 Å². The second-order valence-corrected chi connectivity index (χ2v) is 17.7. The van der Waals surface area contributed by atoms with Crippen molar-refractivity contribution in [1.82, 2.24) is 0 Å². The molecule has 10 heteroatoms. The predicted octanol–water partition coefficient (Wildman–Crippen LogP) is 2.27. The predicted molar refractivity (Wildman–Crippen MR) is 171 cm³/mol. The highest BCUT2D eigenvalue weighted by atomic mass is 16.7. The molecule has 0 radical (unpaired) electrons. The molecule has 5 aliphatic rings. The van der Waals surface area contributed by atoms with E-state index in [1.165, 1.54) is 0 Å². The Morgan fingerprint density at radius 2 is 1.61 bits per heavy atom. The van der Waals surface area contributed by atoms with Gasteiger partial charge in [-0.25, -0.2) is 0 Å². The molecule has 0 aromatic carbocycles. The summed E-state index contributed by atoms with van der Waals surface area (Å²) in [5.41, 5.74) is -1.57. The largest absolute Gasteiger partial charge is 0.394 e. The summed E-state index contributed by atoms with van der Waals surface area (Å²) < 4.78 is 12.6. The van der Waals surface area contributed by atoms with Crippen LogP contribution in [0, 0.1) is 45.3 Å². The van der Waals surface area contributed by atoms with E-state index in [4.69, 9.17) is 9.47 Å². The molecule has 46 heavy (non-hydrogen) atoms. The zero-order valence-electron chi connectivity index (χ0n) is 29.1. The molecule has 5 fully saturated rings. The van der Waals surface area contributed by atoms with Crippen LogP contribution in [-0.2, 0) is 9.47 Å². The molecule has 5 rings (SSSR count). The number of ether oxygens (including phenoxy) is 2. The van der Waals surface area contributed by atoms with E-state index in [-0.39, 0.29) is 39.9 Å². The maximum Gasteiger partial charge on any atom is 0.186 e. The van der Waals surface area contributed by atoms with E-state index >= 15 is 0 Å². The van der Waals surface area contributed by atoms with Gasteiger partial charge in [0.2, 0.25) is 0 Å². The fraction of sp³-hybridized carbons (Fsp3) is 0.944. The highest BCUT2D eigenvalue weighted by molar-refractivity contribution is 5.24. The number of hydrogen-bond donors (Lipinski definition) is 8. The Labute approximate surface area is 274 Å². The minimum Gasteiger partial charge on any atom is -0.394 e. The van der Waals surface area contributed by atoms with Gasteiger partial charge in [0.15, 0.2) is 6.29 Å². The van der Waals surface area contributed by atoms with Gasteiger partial charge in [0.25, 0.3) is 0 Å². The maximum atomic E-state index is 12.1. The van der Waals surface area contributed by atoms with Gasteiger partial charge in [-0.1, -0.05) is 46.3 Å². The number of aliphatic hydroxyl groups is 8. The van der Waals surface area contributed by atoms with Crippen LogP contribution < -0.4 is 0 Å². The average Bonchev–Trinajstić information content (AvgIpc) is 3.34. The molecule has 0 spiro atoms. The number of aliphatic hydroxyl groups excluding tert-OH is 7. The molecule has 0 aromatic rings. The maximum absolute atomic E-state index is 12.1. The molecule has 10 nitrogen and oxygen atoms in total. The van der Waals surface area contributed by atoms with Crippen LogP contribution in [0.1, 0.15) is 100 Å². The quantitative estimate of drug-likeness (QED) is 0.150. The molecule has 1 heterocycles. The third-order valence-electron chi connectivity index (χ3n) is 14.5. The fourth-order valence-corrected chi connectivity index (χ4v) is 11.6. The van der Waals surface area contributed by atoms with Crippen LogP contribution in [0.3, 0.4) is 0 Å². The van der Waals surface area contributed by atoms with Crippen molar-refractivity contribution in [3.63, 3.8) is 0 Å². The van der Waals surface area contributed by atoms with Gasteiger partial charge in [0.1, 0.15) is 24.4 Å². The molecule has 4 aliphatic carbocycles. The summed E-state index contributed by atoms with van der Waals surface area (Å²) in [6.45, 7) is 15.8. The van der Waals surface area contributed by atoms with E-state index in [0.717, 1.165) is 24.8 Å². The zero-order valence-corrected chi connectivity index (χ0v) is 29.1. The van der Waals surface area contributed by atoms with Crippen molar-refractivity contribution in [3.05, 3.63) is 11.6 Å². The second kappa shape index (κ2) is 12.3. The first kappa shape index (κ1) is 36.6. The highest BCUT2D eigenvalue weighted by Crippen LogP contribution is 2.76. The van der Waals surface area contributed by atoms with Gasteiger partial charge in [-0.3, -0.25) is 0 Å². The van der Waals surface area contributed by atoms with Crippen LogP contribution >= 0.6 is 0 Å². The van der Waals surface area contributed by atoms with Crippen LogP contribution in [0.5, 0.6) is 0 Å². The van der Waals surface area contributed by atoms with Crippen molar-refractivity contribution in [2.24, 2.45) is 45.3 Å². The van der Waals surface area contributed by atoms with Gasteiger partial charge in [-0.15, -0.1) is 0 Å². The van der Waals surface area contributed by atoms with Crippen LogP contribution in [0.15, 0.2) is 11.6 Å². The molecule has 0 amide bonds. The van der Waals surface area contributed by atoms with Gasteiger partial charge in [0, 0.05) is 0 Å². The number of rotatable bonds is 7. The van der Waals surface area contributed by atoms with Gasteiger partial charge < -0.3 is 50.3 Å². The first-order valence-corrected chi connectivity index (χ1v) is 17.5. The van der Waals surface area contributed by atoms with Crippen molar-refractivity contribution in [2.45, 2.75) is 161 Å². The summed E-state index contributed by atoms with van der Waals surface area (Å²) in [5.74, 6) is 0.0534. The van der Waals surface area contributed by atoms with Crippen molar-refractivity contribution >= 4 is 0 Å². The van der Waals surface area contributed by atoms with Crippen molar-refractivity contribution in [1.29, 1.82) is 0 Å². The van der Waals surface area contributed by atoms with E-state index in [9.17, 15) is 40.9 Å². The lowest BCUT2D eigenvalue weighted by Crippen LogP contribution is -2.70. The summed E-state index contributed by atoms with van der Waals surface area (Å²) in [4.78, 5) is 0. The number of allylic oxidation sites excluding steroid dienone is 1. The Bertz CT molecular complexity index is 1130. The second-order valence-electron chi connectivity index (χ2n) is 17.7. The summed E-state index contributed by atoms with van der Waals surface area (Å²) in [7, 11) is 0. The minimum absolute atomic E-state index is 0.0282. The first-order valence-electron chi connectivity index (χ1n) is 17.5. The molecule has 0 unspecified atom stereocenters. The molecule has 0 aromatic heterocycles. The Morgan fingerprint density at radius 1 is 0.957 bits per heavy atom. The van der Waals surface area contributed by atoms with Crippen LogP contribution in [-0.4, -0.2) is 108 Å². The Kier molecular flexibility index (Phi) is 9.78. The minimum atomic E-state index is -1.55. The molecule has 8 N–H and O–H groups in total. The Balaban J connectivity index is 1.53. The third kappa shape index (κ3) is 5.55. The van der Waals surface area contributed by atoms with Gasteiger partial charge >= 0.3 is 0 Å². The molecular weight excluding hydrogens is 592 g/mol. The van der Waals surface area contributed by atoms with Gasteiger partial charge in [-0.05, 0) is 111 Å². The third-order valence-corrected chi connectivity index (χ3v) is 14.5. The highest BCUT2D eigenvalue weighted by Gasteiger charge is 2.72. The lowest BCUT2D eigenvalue weighted by atomic mass is 9.34. The molecular formula is C36H62O10. The molecule has 1 saturated heterocycles. The lowest BCUT2D eigenvalue weighted by Gasteiger charge is -2.72. The normalized spacial score (nSPS) is 51.6. The van der Waals surface area contributed by atoms with Crippen molar-refractivity contribution in [3.8, 4) is 0 Å². The topological polar surface area (TPSA) is 180 Å². The van der Waals surface area contributed by atoms with Crippen LogP contribution in [0.25, 0.3) is 0 Å². The van der Waals surface area contributed by atoms with Gasteiger partial charge in [-0.2, -0.15) is 0 Å². The van der Waals surface area contributed by atoms with Crippen LogP contribution in [0.4, 0.5) is 0 Å². The molecule has 4 saturated carbocycles. The average molecular weight is 655 g/mol. The smallest absolute Gasteiger partial charge is 0.186 e. The molecule has 16 atom stereocenters. The molecule has 266 valence electrons.